The SMILES string of the molecule is Cc1nc(N2CC(N3CCCC[C@H]3C)C2)c2ccsc2n1. The minimum atomic E-state index is 0.712. The largest absolute Gasteiger partial charge is 0.353 e. The van der Waals surface area contributed by atoms with Crippen LogP contribution in [-0.4, -0.2) is 46.6 Å². The Kier molecular flexibility index (Phi) is 3.34. The van der Waals surface area contributed by atoms with E-state index in [1.54, 1.807) is 11.3 Å². The summed E-state index contributed by atoms with van der Waals surface area (Å²) in [6.07, 6.45) is 4.12. The van der Waals surface area contributed by atoms with Gasteiger partial charge in [-0.25, -0.2) is 9.97 Å². The van der Waals surface area contributed by atoms with E-state index in [9.17, 15) is 0 Å². The quantitative estimate of drug-likeness (QED) is 0.853. The van der Waals surface area contributed by atoms with Crippen molar-refractivity contribution in [3.63, 3.8) is 0 Å². The van der Waals surface area contributed by atoms with Crippen LogP contribution in [0.4, 0.5) is 5.82 Å². The molecule has 2 aliphatic rings. The molecule has 2 aromatic heterocycles. The summed E-state index contributed by atoms with van der Waals surface area (Å²) in [6, 6.07) is 3.62. The third-order valence-corrected chi connectivity index (χ3v) is 5.71. The van der Waals surface area contributed by atoms with Crippen LogP contribution in [0.2, 0.25) is 0 Å². The number of aromatic nitrogens is 2. The van der Waals surface area contributed by atoms with Crippen molar-refractivity contribution >= 4 is 27.4 Å². The lowest BCUT2D eigenvalue weighted by atomic mass is 9.97. The van der Waals surface area contributed by atoms with Crippen LogP contribution >= 0.6 is 11.3 Å². The lowest BCUT2D eigenvalue weighted by molar-refractivity contribution is 0.0874. The zero-order valence-electron chi connectivity index (χ0n) is 12.7. The molecule has 4 nitrogen and oxygen atoms in total. The predicted octanol–water partition coefficient (Wildman–Crippen LogP) is 3.06. The zero-order valence-corrected chi connectivity index (χ0v) is 13.6. The number of aryl methyl sites for hydroxylation is 1. The van der Waals surface area contributed by atoms with Crippen LogP contribution in [0, 0.1) is 6.92 Å². The average molecular weight is 302 g/mol. The van der Waals surface area contributed by atoms with E-state index in [-0.39, 0.29) is 0 Å². The Morgan fingerprint density at radius 2 is 2.10 bits per heavy atom. The summed E-state index contributed by atoms with van der Waals surface area (Å²) in [6.45, 7) is 7.88. The molecule has 0 aliphatic carbocycles. The molecular formula is C16H22N4S. The average Bonchev–Trinajstić information content (AvgIpc) is 2.87. The highest BCUT2D eigenvalue weighted by Gasteiger charge is 2.36. The second-order valence-corrected chi connectivity index (χ2v) is 7.27. The van der Waals surface area contributed by atoms with E-state index in [1.807, 2.05) is 6.92 Å². The molecule has 4 heterocycles. The second-order valence-electron chi connectivity index (χ2n) is 6.38. The van der Waals surface area contributed by atoms with Gasteiger partial charge in [-0.05, 0) is 44.7 Å². The van der Waals surface area contributed by atoms with Gasteiger partial charge in [0.05, 0.1) is 5.39 Å². The van der Waals surface area contributed by atoms with Crippen LogP contribution in [0.25, 0.3) is 10.2 Å². The number of nitrogens with zero attached hydrogens (tertiary/aromatic N) is 4. The maximum atomic E-state index is 4.70. The highest BCUT2D eigenvalue weighted by molar-refractivity contribution is 7.16. The number of hydrogen-bond acceptors (Lipinski definition) is 5. The summed E-state index contributed by atoms with van der Waals surface area (Å²) in [4.78, 5) is 15.5. The van der Waals surface area contributed by atoms with Gasteiger partial charge in [0.1, 0.15) is 16.5 Å². The van der Waals surface area contributed by atoms with Crippen LogP contribution < -0.4 is 4.90 Å². The molecular weight excluding hydrogens is 280 g/mol. The molecule has 2 saturated heterocycles. The van der Waals surface area contributed by atoms with Crippen LogP contribution in [0.3, 0.4) is 0 Å². The van der Waals surface area contributed by atoms with Gasteiger partial charge in [0.25, 0.3) is 0 Å². The van der Waals surface area contributed by atoms with Crippen molar-refractivity contribution in [1.29, 1.82) is 0 Å². The molecule has 0 aromatic carbocycles. The fraction of sp³-hybridized carbons (Fsp3) is 0.625. The van der Waals surface area contributed by atoms with Crippen molar-refractivity contribution in [2.45, 2.75) is 45.2 Å². The van der Waals surface area contributed by atoms with Crippen LogP contribution in [0.5, 0.6) is 0 Å². The van der Waals surface area contributed by atoms with Gasteiger partial charge in [-0.1, -0.05) is 6.42 Å². The van der Waals surface area contributed by atoms with Crippen molar-refractivity contribution < 1.29 is 0 Å². The van der Waals surface area contributed by atoms with Gasteiger partial charge in [0.2, 0.25) is 0 Å². The van der Waals surface area contributed by atoms with E-state index < -0.39 is 0 Å². The number of fused-ring (bicyclic) bond motifs is 1. The fourth-order valence-corrected chi connectivity index (χ4v) is 4.49. The molecule has 21 heavy (non-hydrogen) atoms. The minimum Gasteiger partial charge on any atom is -0.353 e. The maximum Gasteiger partial charge on any atom is 0.141 e. The molecule has 4 rings (SSSR count). The van der Waals surface area contributed by atoms with E-state index >= 15 is 0 Å². The number of anilines is 1. The first-order valence-electron chi connectivity index (χ1n) is 7.95. The molecule has 0 bridgehead atoms. The standard InChI is InChI=1S/C16H22N4S/c1-11-5-3-4-7-20(11)13-9-19(10-13)15-14-6-8-21-16(14)18-12(2)17-15/h6,8,11,13H,3-5,7,9-10H2,1-2H3/t11-/m1/s1. The summed E-state index contributed by atoms with van der Waals surface area (Å²) in [5, 5.41) is 3.34. The summed E-state index contributed by atoms with van der Waals surface area (Å²) in [7, 11) is 0. The van der Waals surface area contributed by atoms with E-state index in [4.69, 9.17) is 4.98 Å². The molecule has 0 amide bonds. The van der Waals surface area contributed by atoms with Crippen molar-refractivity contribution in [2.24, 2.45) is 0 Å². The highest BCUT2D eigenvalue weighted by Crippen LogP contribution is 2.33. The van der Waals surface area contributed by atoms with E-state index in [0.717, 1.165) is 35.6 Å². The Morgan fingerprint density at radius 3 is 2.90 bits per heavy atom. The molecule has 0 unspecified atom stereocenters. The monoisotopic (exact) mass is 302 g/mol. The third-order valence-electron chi connectivity index (χ3n) is 4.90. The van der Waals surface area contributed by atoms with Gasteiger partial charge in [0, 0.05) is 25.2 Å². The Morgan fingerprint density at radius 1 is 1.24 bits per heavy atom. The molecule has 0 radical (unpaired) electrons. The molecule has 112 valence electrons. The number of likely N-dealkylation sites (tertiary alicyclic amines) is 1. The normalized spacial score (nSPS) is 24.5. The Hall–Kier alpha value is -1.20. The minimum absolute atomic E-state index is 0.712. The van der Waals surface area contributed by atoms with Crippen molar-refractivity contribution in [2.75, 3.05) is 24.5 Å². The smallest absolute Gasteiger partial charge is 0.141 e. The van der Waals surface area contributed by atoms with E-state index in [1.165, 1.54) is 31.2 Å². The summed E-state index contributed by atoms with van der Waals surface area (Å²) < 4.78 is 0. The highest BCUT2D eigenvalue weighted by atomic mass is 32.1. The van der Waals surface area contributed by atoms with Crippen LogP contribution in [-0.2, 0) is 0 Å². The van der Waals surface area contributed by atoms with Gasteiger partial charge in [-0.2, -0.15) is 0 Å². The van der Waals surface area contributed by atoms with Gasteiger partial charge in [0.15, 0.2) is 0 Å². The van der Waals surface area contributed by atoms with E-state index in [0.29, 0.717) is 6.04 Å². The molecule has 2 fully saturated rings. The molecule has 0 N–H and O–H groups in total. The topological polar surface area (TPSA) is 32.3 Å². The van der Waals surface area contributed by atoms with Crippen molar-refractivity contribution in [3.05, 3.63) is 17.3 Å². The number of hydrogen-bond donors (Lipinski definition) is 0. The van der Waals surface area contributed by atoms with Crippen molar-refractivity contribution in [3.8, 4) is 0 Å². The number of piperidine rings is 1. The second kappa shape index (κ2) is 5.21. The Bertz CT molecular complexity index is 647. The first-order valence-corrected chi connectivity index (χ1v) is 8.83. The summed E-state index contributed by atoms with van der Waals surface area (Å²) in [5.41, 5.74) is 0. The lowest BCUT2D eigenvalue weighted by Crippen LogP contribution is -2.62. The molecule has 5 heteroatoms. The summed E-state index contributed by atoms with van der Waals surface area (Å²) >= 11 is 1.71. The molecule has 0 spiro atoms. The van der Waals surface area contributed by atoms with Gasteiger partial charge >= 0.3 is 0 Å². The van der Waals surface area contributed by atoms with Crippen LogP contribution in [0.15, 0.2) is 11.4 Å². The summed E-state index contributed by atoms with van der Waals surface area (Å²) in [5.74, 6) is 2.02. The Balaban J connectivity index is 1.53. The predicted molar refractivity (Wildman–Crippen MR) is 88.2 cm³/mol. The number of thiophene rings is 1. The molecule has 2 aromatic rings. The first kappa shape index (κ1) is 13.5. The molecule has 1 atom stereocenters. The third kappa shape index (κ3) is 2.32. The molecule has 2 aliphatic heterocycles. The van der Waals surface area contributed by atoms with E-state index in [2.05, 4.69) is 33.2 Å². The van der Waals surface area contributed by atoms with Gasteiger partial charge in [-0.15, -0.1) is 11.3 Å². The Labute approximate surface area is 129 Å². The lowest BCUT2D eigenvalue weighted by Gasteiger charge is -2.49. The van der Waals surface area contributed by atoms with Gasteiger partial charge < -0.3 is 4.90 Å². The number of rotatable bonds is 2. The zero-order chi connectivity index (χ0) is 14.4. The molecule has 0 saturated carbocycles. The fourth-order valence-electron chi connectivity index (χ4n) is 3.69. The van der Waals surface area contributed by atoms with Crippen molar-refractivity contribution in [1.82, 2.24) is 14.9 Å². The van der Waals surface area contributed by atoms with Crippen LogP contribution in [0.1, 0.15) is 32.0 Å². The maximum absolute atomic E-state index is 4.70. The first-order chi connectivity index (χ1) is 10.2. The van der Waals surface area contributed by atoms with Gasteiger partial charge in [-0.3, -0.25) is 4.90 Å².